The summed E-state index contributed by atoms with van der Waals surface area (Å²) in [7, 11) is 1.90. The van der Waals surface area contributed by atoms with Gasteiger partial charge in [0.25, 0.3) is 0 Å². The second-order valence-electron chi connectivity index (χ2n) is 4.31. The maximum absolute atomic E-state index is 13.0. The van der Waals surface area contributed by atoms with Crippen molar-refractivity contribution >= 4 is 15.9 Å². The SMILES string of the molecule is CNCc1ccc(C)c(Oc2ccc(F)cc2Br)c1. The Morgan fingerprint density at radius 1 is 1.16 bits per heavy atom. The summed E-state index contributed by atoms with van der Waals surface area (Å²) in [6.45, 7) is 2.76. The van der Waals surface area contributed by atoms with Crippen molar-refractivity contribution in [2.75, 3.05) is 7.05 Å². The van der Waals surface area contributed by atoms with Crippen LogP contribution in [0, 0.1) is 12.7 Å². The van der Waals surface area contributed by atoms with Crippen LogP contribution in [0.15, 0.2) is 40.9 Å². The van der Waals surface area contributed by atoms with E-state index in [9.17, 15) is 4.39 Å². The molecule has 0 atom stereocenters. The van der Waals surface area contributed by atoms with E-state index in [0.717, 1.165) is 23.4 Å². The van der Waals surface area contributed by atoms with Gasteiger partial charge in [-0.05, 0) is 65.3 Å². The molecule has 0 aliphatic rings. The van der Waals surface area contributed by atoms with Gasteiger partial charge in [-0.25, -0.2) is 4.39 Å². The van der Waals surface area contributed by atoms with E-state index in [0.29, 0.717) is 10.2 Å². The Morgan fingerprint density at radius 3 is 2.63 bits per heavy atom. The van der Waals surface area contributed by atoms with Gasteiger partial charge in [-0.1, -0.05) is 12.1 Å². The van der Waals surface area contributed by atoms with Crippen molar-refractivity contribution in [3.8, 4) is 11.5 Å². The van der Waals surface area contributed by atoms with Crippen LogP contribution in [0.5, 0.6) is 11.5 Å². The molecule has 0 bridgehead atoms. The number of benzene rings is 2. The molecule has 100 valence electrons. The van der Waals surface area contributed by atoms with Crippen molar-refractivity contribution in [3.05, 3.63) is 57.8 Å². The van der Waals surface area contributed by atoms with Gasteiger partial charge in [0.15, 0.2) is 0 Å². The summed E-state index contributed by atoms with van der Waals surface area (Å²) in [4.78, 5) is 0. The summed E-state index contributed by atoms with van der Waals surface area (Å²) in [5.41, 5.74) is 2.18. The molecule has 4 heteroatoms. The van der Waals surface area contributed by atoms with Gasteiger partial charge in [0.1, 0.15) is 17.3 Å². The predicted molar refractivity (Wildman–Crippen MR) is 78.1 cm³/mol. The Hall–Kier alpha value is -1.39. The highest BCUT2D eigenvalue weighted by Crippen LogP contribution is 2.32. The number of hydrogen-bond acceptors (Lipinski definition) is 2. The molecule has 0 aliphatic carbocycles. The molecule has 19 heavy (non-hydrogen) atoms. The first-order chi connectivity index (χ1) is 9.10. The van der Waals surface area contributed by atoms with Crippen LogP contribution in [0.3, 0.4) is 0 Å². The van der Waals surface area contributed by atoms with Crippen molar-refractivity contribution in [2.24, 2.45) is 0 Å². The van der Waals surface area contributed by atoms with E-state index in [-0.39, 0.29) is 5.82 Å². The molecule has 2 nitrogen and oxygen atoms in total. The third-order valence-electron chi connectivity index (χ3n) is 2.75. The fraction of sp³-hybridized carbons (Fsp3) is 0.200. The van der Waals surface area contributed by atoms with E-state index in [1.54, 1.807) is 6.07 Å². The average Bonchev–Trinajstić information content (AvgIpc) is 2.37. The van der Waals surface area contributed by atoms with E-state index in [1.807, 2.05) is 26.1 Å². The summed E-state index contributed by atoms with van der Waals surface area (Å²) in [5, 5.41) is 3.10. The van der Waals surface area contributed by atoms with Gasteiger partial charge < -0.3 is 10.1 Å². The molecule has 2 aromatic carbocycles. The number of aryl methyl sites for hydroxylation is 1. The minimum absolute atomic E-state index is 0.292. The van der Waals surface area contributed by atoms with Gasteiger partial charge >= 0.3 is 0 Å². The minimum Gasteiger partial charge on any atom is -0.456 e. The summed E-state index contributed by atoms with van der Waals surface area (Å²) in [6, 6.07) is 10.4. The van der Waals surface area contributed by atoms with Crippen LogP contribution in [0.25, 0.3) is 0 Å². The van der Waals surface area contributed by atoms with E-state index in [1.165, 1.54) is 12.1 Å². The molecule has 0 heterocycles. The van der Waals surface area contributed by atoms with Crippen LogP contribution in [0.1, 0.15) is 11.1 Å². The molecule has 0 aliphatic heterocycles. The lowest BCUT2D eigenvalue weighted by atomic mass is 10.1. The molecule has 2 rings (SSSR count). The van der Waals surface area contributed by atoms with Crippen LogP contribution in [0.2, 0.25) is 0 Å². The molecular formula is C15H15BrFNO. The molecular weight excluding hydrogens is 309 g/mol. The normalized spacial score (nSPS) is 10.5. The van der Waals surface area contributed by atoms with Crippen molar-refractivity contribution in [3.63, 3.8) is 0 Å². The number of hydrogen-bond donors (Lipinski definition) is 1. The van der Waals surface area contributed by atoms with Gasteiger partial charge in [-0.15, -0.1) is 0 Å². The quantitative estimate of drug-likeness (QED) is 0.899. The zero-order valence-corrected chi connectivity index (χ0v) is 12.4. The number of nitrogens with one attached hydrogen (secondary N) is 1. The van der Waals surface area contributed by atoms with Gasteiger partial charge in [-0.2, -0.15) is 0 Å². The van der Waals surface area contributed by atoms with E-state index >= 15 is 0 Å². The van der Waals surface area contributed by atoms with Gasteiger partial charge in [0, 0.05) is 6.54 Å². The van der Waals surface area contributed by atoms with Crippen LogP contribution in [-0.2, 0) is 6.54 Å². The topological polar surface area (TPSA) is 21.3 Å². The van der Waals surface area contributed by atoms with Crippen molar-refractivity contribution in [2.45, 2.75) is 13.5 Å². The third kappa shape index (κ3) is 3.55. The van der Waals surface area contributed by atoms with Crippen LogP contribution in [-0.4, -0.2) is 7.05 Å². The predicted octanol–water partition coefficient (Wildman–Crippen LogP) is 4.41. The first kappa shape index (κ1) is 14.0. The minimum atomic E-state index is -0.292. The molecule has 0 amide bonds. The molecule has 0 aromatic heterocycles. The Balaban J connectivity index is 2.29. The van der Waals surface area contributed by atoms with E-state index in [2.05, 4.69) is 27.3 Å². The molecule has 2 aromatic rings. The van der Waals surface area contributed by atoms with Crippen molar-refractivity contribution in [1.82, 2.24) is 5.32 Å². The highest BCUT2D eigenvalue weighted by Gasteiger charge is 2.07. The van der Waals surface area contributed by atoms with Crippen molar-refractivity contribution < 1.29 is 9.13 Å². The van der Waals surface area contributed by atoms with Gasteiger partial charge in [-0.3, -0.25) is 0 Å². The Morgan fingerprint density at radius 2 is 1.95 bits per heavy atom. The van der Waals surface area contributed by atoms with E-state index in [4.69, 9.17) is 4.74 Å². The Kier molecular flexibility index (Phi) is 4.56. The van der Waals surface area contributed by atoms with Gasteiger partial charge in [0.05, 0.1) is 4.47 Å². The summed E-state index contributed by atoms with van der Waals surface area (Å²) < 4.78 is 19.5. The molecule has 0 unspecified atom stereocenters. The lowest BCUT2D eigenvalue weighted by molar-refractivity contribution is 0.473. The third-order valence-corrected chi connectivity index (χ3v) is 3.37. The first-order valence-electron chi connectivity index (χ1n) is 5.97. The van der Waals surface area contributed by atoms with Crippen LogP contribution in [0.4, 0.5) is 4.39 Å². The smallest absolute Gasteiger partial charge is 0.141 e. The summed E-state index contributed by atoms with van der Waals surface area (Å²) in [5.74, 6) is 1.09. The largest absolute Gasteiger partial charge is 0.456 e. The second kappa shape index (κ2) is 6.17. The molecule has 0 spiro atoms. The monoisotopic (exact) mass is 323 g/mol. The maximum Gasteiger partial charge on any atom is 0.141 e. The van der Waals surface area contributed by atoms with Crippen LogP contribution >= 0.6 is 15.9 Å². The Bertz CT molecular complexity index is 586. The number of rotatable bonds is 4. The summed E-state index contributed by atoms with van der Waals surface area (Å²) in [6.07, 6.45) is 0. The van der Waals surface area contributed by atoms with Crippen molar-refractivity contribution in [1.29, 1.82) is 0 Å². The zero-order chi connectivity index (χ0) is 13.8. The number of halogens is 2. The lowest BCUT2D eigenvalue weighted by Gasteiger charge is -2.12. The lowest BCUT2D eigenvalue weighted by Crippen LogP contribution is -2.05. The zero-order valence-electron chi connectivity index (χ0n) is 10.8. The molecule has 1 N–H and O–H groups in total. The molecule has 0 radical (unpaired) electrons. The maximum atomic E-state index is 13.0. The van der Waals surface area contributed by atoms with E-state index < -0.39 is 0 Å². The molecule has 0 fully saturated rings. The first-order valence-corrected chi connectivity index (χ1v) is 6.76. The van der Waals surface area contributed by atoms with Gasteiger partial charge in [0.2, 0.25) is 0 Å². The summed E-state index contributed by atoms with van der Waals surface area (Å²) >= 11 is 3.30. The van der Waals surface area contributed by atoms with Crippen LogP contribution < -0.4 is 10.1 Å². The number of ether oxygens (including phenoxy) is 1. The standard InChI is InChI=1S/C15H15BrFNO/c1-10-3-4-11(9-18-2)7-15(10)19-14-6-5-12(17)8-13(14)16/h3-8,18H,9H2,1-2H3. The average molecular weight is 324 g/mol. The fourth-order valence-corrected chi connectivity index (χ4v) is 2.18. The highest BCUT2D eigenvalue weighted by molar-refractivity contribution is 9.10. The fourth-order valence-electron chi connectivity index (χ4n) is 1.74. The highest BCUT2D eigenvalue weighted by atomic mass is 79.9. The second-order valence-corrected chi connectivity index (χ2v) is 5.16. The molecule has 0 saturated carbocycles. The molecule has 0 saturated heterocycles. The Labute approximate surface area is 120 Å².